The SMILES string of the molecule is Cc1ccccc1C(C)NC(=O)Cn1nc(C)c([N+](=O)[O-])c1C. The van der Waals surface area contributed by atoms with Crippen LogP contribution in [0, 0.1) is 30.9 Å². The number of hydrogen-bond acceptors (Lipinski definition) is 4. The smallest absolute Gasteiger partial charge is 0.312 e. The van der Waals surface area contributed by atoms with E-state index >= 15 is 0 Å². The maximum Gasteiger partial charge on any atom is 0.312 e. The number of carbonyl (C=O) groups is 1. The summed E-state index contributed by atoms with van der Waals surface area (Å²) in [6.07, 6.45) is 0. The Morgan fingerprint density at radius 3 is 2.57 bits per heavy atom. The van der Waals surface area contributed by atoms with Crippen LogP contribution < -0.4 is 5.32 Å². The highest BCUT2D eigenvalue weighted by atomic mass is 16.6. The van der Waals surface area contributed by atoms with Crippen molar-refractivity contribution < 1.29 is 9.72 Å². The first-order valence-corrected chi connectivity index (χ1v) is 7.34. The van der Waals surface area contributed by atoms with E-state index in [0.717, 1.165) is 11.1 Å². The van der Waals surface area contributed by atoms with Crippen molar-refractivity contribution in [1.82, 2.24) is 15.1 Å². The summed E-state index contributed by atoms with van der Waals surface area (Å²) < 4.78 is 1.37. The molecule has 0 saturated heterocycles. The van der Waals surface area contributed by atoms with E-state index in [1.165, 1.54) is 4.68 Å². The zero-order chi connectivity index (χ0) is 17.1. The van der Waals surface area contributed by atoms with Gasteiger partial charge in [-0.1, -0.05) is 24.3 Å². The van der Waals surface area contributed by atoms with Gasteiger partial charge < -0.3 is 5.32 Å². The molecule has 1 aromatic carbocycles. The van der Waals surface area contributed by atoms with Crippen molar-refractivity contribution >= 4 is 11.6 Å². The van der Waals surface area contributed by atoms with E-state index in [9.17, 15) is 14.9 Å². The maximum absolute atomic E-state index is 12.2. The number of rotatable bonds is 5. The van der Waals surface area contributed by atoms with Crippen molar-refractivity contribution in [3.8, 4) is 0 Å². The van der Waals surface area contributed by atoms with Crippen molar-refractivity contribution in [1.29, 1.82) is 0 Å². The molecule has 0 radical (unpaired) electrons. The van der Waals surface area contributed by atoms with Crippen LogP contribution >= 0.6 is 0 Å². The molecule has 0 fully saturated rings. The molecule has 0 bridgehead atoms. The fourth-order valence-electron chi connectivity index (χ4n) is 2.68. The van der Waals surface area contributed by atoms with Gasteiger partial charge in [0, 0.05) is 0 Å². The molecule has 2 aromatic rings. The Balaban J connectivity index is 2.10. The van der Waals surface area contributed by atoms with E-state index < -0.39 is 4.92 Å². The molecular weight excluding hydrogens is 296 g/mol. The Labute approximate surface area is 134 Å². The third-order valence-corrected chi connectivity index (χ3v) is 3.85. The number of carbonyl (C=O) groups excluding carboxylic acids is 1. The molecule has 0 aliphatic heterocycles. The third-order valence-electron chi connectivity index (χ3n) is 3.85. The minimum absolute atomic E-state index is 0.0373. The monoisotopic (exact) mass is 316 g/mol. The number of nitro groups is 1. The minimum atomic E-state index is -0.470. The van der Waals surface area contributed by atoms with Gasteiger partial charge in [-0.3, -0.25) is 19.6 Å². The lowest BCUT2D eigenvalue weighted by Crippen LogP contribution is -2.31. The van der Waals surface area contributed by atoms with Crippen LogP contribution in [0.2, 0.25) is 0 Å². The highest BCUT2D eigenvalue weighted by Crippen LogP contribution is 2.22. The standard InChI is InChI=1S/C16H20N4O3/c1-10-7-5-6-8-14(10)11(2)17-15(21)9-19-13(4)16(20(22)23)12(3)18-19/h5-8,11H,9H2,1-4H3,(H,17,21). The lowest BCUT2D eigenvalue weighted by atomic mass is 10.0. The molecule has 23 heavy (non-hydrogen) atoms. The quantitative estimate of drug-likeness (QED) is 0.678. The molecule has 1 heterocycles. The van der Waals surface area contributed by atoms with Crippen LogP contribution in [0.15, 0.2) is 24.3 Å². The highest BCUT2D eigenvalue weighted by molar-refractivity contribution is 5.76. The Morgan fingerprint density at radius 1 is 1.35 bits per heavy atom. The lowest BCUT2D eigenvalue weighted by molar-refractivity contribution is -0.386. The Morgan fingerprint density at radius 2 is 2.00 bits per heavy atom. The van der Waals surface area contributed by atoms with E-state index in [2.05, 4.69) is 10.4 Å². The van der Waals surface area contributed by atoms with Crippen LogP contribution in [-0.2, 0) is 11.3 Å². The fraction of sp³-hybridized carbons (Fsp3) is 0.375. The molecule has 7 nitrogen and oxygen atoms in total. The van der Waals surface area contributed by atoms with E-state index in [1.807, 2.05) is 38.1 Å². The first-order chi connectivity index (χ1) is 10.8. The predicted molar refractivity (Wildman–Crippen MR) is 86.1 cm³/mol. The van der Waals surface area contributed by atoms with Crippen LogP contribution in [0.4, 0.5) is 5.69 Å². The summed E-state index contributed by atoms with van der Waals surface area (Å²) in [6, 6.07) is 7.68. The largest absolute Gasteiger partial charge is 0.348 e. The van der Waals surface area contributed by atoms with Gasteiger partial charge >= 0.3 is 5.69 Å². The first kappa shape index (κ1) is 16.7. The summed E-state index contributed by atoms with van der Waals surface area (Å²) >= 11 is 0. The number of benzene rings is 1. The summed E-state index contributed by atoms with van der Waals surface area (Å²) in [5.74, 6) is -0.235. The van der Waals surface area contributed by atoms with Gasteiger partial charge in [-0.2, -0.15) is 5.10 Å². The molecule has 0 aliphatic carbocycles. The van der Waals surface area contributed by atoms with Crippen molar-refractivity contribution in [3.63, 3.8) is 0 Å². The van der Waals surface area contributed by atoms with Gasteiger partial charge in [0.1, 0.15) is 17.9 Å². The molecule has 1 N–H and O–H groups in total. The normalized spacial score (nSPS) is 12.0. The van der Waals surface area contributed by atoms with E-state index in [-0.39, 0.29) is 24.2 Å². The van der Waals surface area contributed by atoms with Gasteiger partial charge in [-0.25, -0.2) is 0 Å². The lowest BCUT2D eigenvalue weighted by Gasteiger charge is -2.16. The zero-order valence-electron chi connectivity index (χ0n) is 13.7. The van der Waals surface area contributed by atoms with Crippen molar-refractivity contribution in [3.05, 3.63) is 56.9 Å². The van der Waals surface area contributed by atoms with Crippen LogP contribution in [-0.4, -0.2) is 20.6 Å². The van der Waals surface area contributed by atoms with Crippen LogP contribution in [0.25, 0.3) is 0 Å². The molecule has 1 aromatic heterocycles. The average molecular weight is 316 g/mol. The summed E-state index contributed by atoms with van der Waals surface area (Å²) in [6.45, 7) is 7.01. The van der Waals surface area contributed by atoms with Crippen LogP contribution in [0.5, 0.6) is 0 Å². The molecule has 7 heteroatoms. The topological polar surface area (TPSA) is 90.1 Å². The second-order valence-corrected chi connectivity index (χ2v) is 5.58. The van der Waals surface area contributed by atoms with E-state index in [1.54, 1.807) is 13.8 Å². The summed E-state index contributed by atoms with van der Waals surface area (Å²) in [4.78, 5) is 22.7. The molecule has 122 valence electrons. The zero-order valence-corrected chi connectivity index (χ0v) is 13.7. The molecule has 0 aliphatic rings. The number of amides is 1. The Bertz CT molecular complexity index is 752. The summed E-state index contributed by atoms with van der Waals surface area (Å²) in [7, 11) is 0. The first-order valence-electron chi connectivity index (χ1n) is 7.34. The summed E-state index contributed by atoms with van der Waals surface area (Å²) in [5, 5.41) is 18.0. The van der Waals surface area contributed by atoms with Gasteiger partial charge in [0.25, 0.3) is 0 Å². The second-order valence-electron chi connectivity index (χ2n) is 5.58. The van der Waals surface area contributed by atoms with Gasteiger partial charge in [-0.05, 0) is 38.8 Å². The maximum atomic E-state index is 12.2. The third kappa shape index (κ3) is 3.56. The van der Waals surface area contributed by atoms with Crippen molar-refractivity contribution in [2.75, 3.05) is 0 Å². The van der Waals surface area contributed by atoms with Crippen molar-refractivity contribution in [2.24, 2.45) is 0 Å². The second kappa shape index (κ2) is 6.60. The van der Waals surface area contributed by atoms with Gasteiger partial charge in [-0.15, -0.1) is 0 Å². The predicted octanol–water partition coefficient (Wildman–Crippen LogP) is 2.59. The number of hydrogen-bond donors (Lipinski definition) is 1. The molecule has 1 atom stereocenters. The Hall–Kier alpha value is -2.70. The Kier molecular flexibility index (Phi) is 4.78. The van der Waals surface area contributed by atoms with E-state index in [0.29, 0.717) is 11.4 Å². The number of nitrogens with zero attached hydrogens (tertiary/aromatic N) is 3. The van der Waals surface area contributed by atoms with Crippen molar-refractivity contribution in [2.45, 2.75) is 40.3 Å². The molecule has 0 saturated carbocycles. The molecule has 1 amide bonds. The summed E-state index contributed by atoms with van der Waals surface area (Å²) in [5.41, 5.74) is 2.80. The molecular formula is C16H20N4O3. The van der Waals surface area contributed by atoms with Gasteiger partial charge in [0.05, 0.1) is 11.0 Å². The molecule has 1 unspecified atom stereocenters. The van der Waals surface area contributed by atoms with Crippen LogP contribution in [0.3, 0.4) is 0 Å². The number of nitrogens with one attached hydrogen (secondary N) is 1. The average Bonchev–Trinajstić information content (AvgIpc) is 2.73. The van der Waals surface area contributed by atoms with Gasteiger partial charge in [0.2, 0.25) is 5.91 Å². The number of aromatic nitrogens is 2. The van der Waals surface area contributed by atoms with Gasteiger partial charge in [0.15, 0.2) is 0 Å². The minimum Gasteiger partial charge on any atom is -0.348 e. The van der Waals surface area contributed by atoms with Crippen LogP contribution in [0.1, 0.15) is 35.5 Å². The highest BCUT2D eigenvalue weighted by Gasteiger charge is 2.23. The van der Waals surface area contributed by atoms with E-state index in [4.69, 9.17) is 0 Å². The fourth-order valence-corrected chi connectivity index (χ4v) is 2.68. The number of aryl methyl sites for hydroxylation is 2. The molecule has 0 spiro atoms. The molecule has 2 rings (SSSR count).